The van der Waals surface area contributed by atoms with E-state index >= 15 is 0 Å². The number of hydrogen-bond donors (Lipinski definition) is 3. The van der Waals surface area contributed by atoms with Crippen LogP contribution < -0.4 is 16.4 Å². The summed E-state index contributed by atoms with van der Waals surface area (Å²) in [5.74, 6) is 1.38. The van der Waals surface area contributed by atoms with E-state index in [0.717, 1.165) is 37.9 Å². The number of pyridine rings is 2. The average molecular weight is 578 g/mol. The number of primary amides is 1. The Morgan fingerprint density at radius 3 is 2.62 bits per heavy atom. The number of nitrogens with two attached hydrogens (primary N) is 1. The second-order valence-corrected chi connectivity index (χ2v) is 10.3. The van der Waals surface area contributed by atoms with Crippen LogP contribution in [0, 0.1) is 0 Å². The topological polar surface area (TPSA) is 132 Å². The quantitative estimate of drug-likeness (QED) is 0.134. The highest BCUT2D eigenvalue weighted by atomic mass is 35.5. The van der Waals surface area contributed by atoms with Crippen LogP contribution in [0.5, 0.6) is 0 Å². The van der Waals surface area contributed by atoms with Crippen LogP contribution in [0.15, 0.2) is 89.7 Å². The van der Waals surface area contributed by atoms with Crippen molar-refractivity contribution in [3.63, 3.8) is 0 Å². The van der Waals surface area contributed by atoms with Gasteiger partial charge in [-0.1, -0.05) is 65.3 Å². The second-order valence-electron chi connectivity index (χ2n) is 9.87. The summed E-state index contributed by atoms with van der Waals surface area (Å²) in [5.41, 5.74) is 9.77. The molecule has 210 valence electrons. The van der Waals surface area contributed by atoms with Crippen molar-refractivity contribution >= 4 is 45.0 Å². The molecule has 42 heavy (non-hydrogen) atoms. The van der Waals surface area contributed by atoms with E-state index in [1.807, 2.05) is 36.4 Å². The number of nitrogens with zero attached hydrogens (tertiary/aromatic N) is 4. The Balaban J connectivity index is 1.02. The Morgan fingerprint density at radius 2 is 1.79 bits per heavy atom. The molecule has 9 nitrogen and oxygen atoms in total. The van der Waals surface area contributed by atoms with Crippen molar-refractivity contribution in [1.29, 1.82) is 0 Å². The van der Waals surface area contributed by atoms with Crippen LogP contribution in [-0.4, -0.2) is 39.1 Å². The molecule has 3 aromatic heterocycles. The van der Waals surface area contributed by atoms with E-state index in [4.69, 9.17) is 26.8 Å². The first-order chi connectivity index (χ1) is 20.5. The van der Waals surface area contributed by atoms with Crippen molar-refractivity contribution in [2.75, 3.05) is 18.4 Å². The van der Waals surface area contributed by atoms with Gasteiger partial charge in [-0.05, 0) is 35.4 Å². The minimum Gasteiger partial charge on any atom is -0.369 e. The largest absolute Gasteiger partial charge is 0.369 e. The monoisotopic (exact) mass is 577 g/mol. The van der Waals surface area contributed by atoms with E-state index in [1.165, 1.54) is 0 Å². The number of amides is 1. The van der Waals surface area contributed by atoms with E-state index in [2.05, 4.69) is 50.0 Å². The predicted molar refractivity (Wildman–Crippen MR) is 164 cm³/mol. The molecule has 0 aliphatic carbocycles. The lowest BCUT2D eigenvalue weighted by molar-refractivity contribution is 0.100. The van der Waals surface area contributed by atoms with E-state index in [0.29, 0.717) is 61.1 Å². The molecule has 0 spiro atoms. The van der Waals surface area contributed by atoms with Gasteiger partial charge in [-0.3, -0.25) is 9.78 Å². The Bertz CT molecular complexity index is 1870. The molecule has 0 saturated heterocycles. The third kappa shape index (κ3) is 6.07. The zero-order chi connectivity index (χ0) is 28.9. The van der Waals surface area contributed by atoms with Crippen molar-refractivity contribution in [3.8, 4) is 11.1 Å². The predicted octanol–water partition coefficient (Wildman–Crippen LogP) is 5.57. The number of anilines is 1. The molecule has 3 aromatic carbocycles. The number of carbonyl (C=O) groups is 1. The lowest BCUT2D eigenvalue weighted by Gasteiger charge is -2.11. The van der Waals surface area contributed by atoms with Gasteiger partial charge in [-0.25, -0.2) is 4.98 Å². The van der Waals surface area contributed by atoms with Gasteiger partial charge in [-0.15, -0.1) is 0 Å². The third-order valence-electron chi connectivity index (χ3n) is 7.00. The van der Waals surface area contributed by atoms with Gasteiger partial charge in [0.1, 0.15) is 5.82 Å². The average Bonchev–Trinajstić information content (AvgIpc) is 3.47. The summed E-state index contributed by atoms with van der Waals surface area (Å²) in [5, 5.41) is 14.4. The number of aromatic nitrogens is 4. The highest BCUT2D eigenvalue weighted by Gasteiger charge is 2.12. The van der Waals surface area contributed by atoms with Gasteiger partial charge in [0.15, 0.2) is 5.82 Å². The summed E-state index contributed by atoms with van der Waals surface area (Å²) >= 11 is 6.54. The summed E-state index contributed by atoms with van der Waals surface area (Å²) in [6.45, 7) is 1.92. The van der Waals surface area contributed by atoms with Crippen LogP contribution >= 0.6 is 11.6 Å². The van der Waals surface area contributed by atoms with Gasteiger partial charge in [-0.2, -0.15) is 4.98 Å². The summed E-state index contributed by atoms with van der Waals surface area (Å²) in [7, 11) is 0. The van der Waals surface area contributed by atoms with E-state index < -0.39 is 5.91 Å². The Kier molecular flexibility index (Phi) is 8.02. The number of benzene rings is 3. The number of fused-ring (bicyclic) bond motifs is 3. The highest BCUT2D eigenvalue weighted by Crippen LogP contribution is 2.30. The molecule has 0 radical (unpaired) electrons. The molecular weight excluding hydrogens is 550 g/mol. The SMILES string of the molecule is NC(=O)c1ccc2c(c1)nc(NCCc1nc(CCNCc3ccc(-c4ccccc4)c(Cl)c3)no1)c1ccncc12. The number of hydrogen-bond acceptors (Lipinski definition) is 8. The van der Waals surface area contributed by atoms with Crippen LogP contribution in [0.2, 0.25) is 5.02 Å². The van der Waals surface area contributed by atoms with Gasteiger partial charge in [0.05, 0.1) is 5.52 Å². The van der Waals surface area contributed by atoms with Crippen molar-refractivity contribution in [2.24, 2.45) is 5.73 Å². The number of nitrogens with one attached hydrogen (secondary N) is 2. The smallest absolute Gasteiger partial charge is 0.248 e. The molecular formula is C32H28ClN7O2. The highest BCUT2D eigenvalue weighted by molar-refractivity contribution is 6.33. The lowest BCUT2D eigenvalue weighted by Crippen LogP contribution is -2.17. The van der Waals surface area contributed by atoms with E-state index in [-0.39, 0.29) is 0 Å². The minimum absolute atomic E-state index is 0.404. The molecule has 0 unspecified atom stereocenters. The van der Waals surface area contributed by atoms with Crippen molar-refractivity contribution in [1.82, 2.24) is 25.4 Å². The van der Waals surface area contributed by atoms with Gasteiger partial charge >= 0.3 is 0 Å². The molecule has 0 saturated carbocycles. The van der Waals surface area contributed by atoms with Crippen LogP contribution in [0.3, 0.4) is 0 Å². The number of carbonyl (C=O) groups excluding carboxylic acids is 1. The van der Waals surface area contributed by atoms with Crippen molar-refractivity contribution < 1.29 is 9.32 Å². The molecule has 6 aromatic rings. The molecule has 10 heteroatoms. The molecule has 0 bridgehead atoms. The first-order valence-corrected chi connectivity index (χ1v) is 14.0. The zero-order valence-corrected chi connectivity index (χ0v) is 23.4. The van der Waals surface area contributed by atoms with Crippen LogP contribution in [0.25, 0.3) is 32.8 Å². The normalized spacial score (nSPS) is 11.3. The first kappa shape index (κ1) is 27.3. The Labute approximate surface area is 247 Å². The standard InChI is InChI=1S/C32H28ClN7O2/c33-27-16-20(6-8-23(27)21-4-2-1-3-5-21)18-35-14-11-29-39-30(42-40-29)12-15-37-32-25-10-13-36-19-26(25)24-9-7-22(31(34)41)17-28(24)38-32/h1-10,13,16-17,19,35H,11-12,14-15,18H2,(H2,34,41)(H,37,38). The summed E-state index contributed by atoms with van der Waals surface area (Å²) in [6.07, 6.45) is 4.69. The maximum absolute atomic E-state index is 11.7. The van der Waals surface area contributed by atoms with Crippen molar-refractivity contribution in [3.05, 3.63) is 113 Å². The third-order valence-corrected chi connectivity index (χ3v) is 7.31. The summed E-state index contributed by atoms with van der Waals surface area (Å²) in [6, 6.07) is 23.4. The van der Waals surface area contributed by atoms with Gasteiger partial charge in [0.2, 0.25) is 11.8 Å². The van der Waals surface area contributed by atoms with Crippen LogP contribution in [-0.2, 0) is 19.4 Å². The number of rotatable bonds is 11. The van der Waals surface area contributed by atoms with Crippen LogP contribution in [0.1, 0.15) is 27.6 Å². The van der Waals surface area contributed by atoms with Gasteiger partial charge < -0.3 is 20.9 Å². The maximum atomic E-state index is 11.7. The minimum atomic E-state index is -0.497. The van der Waals surface area contributed by atoms with Crippen molar-refractivity contribution in [2.45, 2.75) is 19.4 Å². The molecule has 0 aliphatic rings. The summed E-state index contributed by atoms with van der Waals surface area (Å²) in [4.78, 5) is 25.2. The Morgan fingerprint density at radius 1 is 0.905 bits per heavy atom. The maximum Gasteiger partial charge on any atom is 0.248 e. The fourth-order valence-electron chi connectivity index (χ4n) is 4.87. The summed E-state index contributed by atoms with van der Waals surface area (Å²) < 4.78 is 5.46. The second kappa shape index (κ2) is 12.3. The molecule has 4 N–H and O–H groups in total. The molecule has 1 amide bonds. The van der Waals surface area contributed by atoms with Crippen LogP contribution in [0.4, 0.5) is 5.82 Å². The fraction of sp³-hybridized carbons (Fsp3) is 0.156. The molecule has 0 atom stereocenters. The molecule has 0 fully saturated rings. The van der Waals surface area contributed by atoms with E-state index in [1.54, 1.807) is 24.5 Å². The molecule has 3 heterocycles. The molecule has 0 aliphatic heterocycles. The molecule has 6 rings (SSSR count). The van der Waals surface area contributed by atoms with Gasteiger partial charge in [0, 0.05) is 77.2 Å². The van der Waals surface area contributed by atoms with E-state index in [9.17, 15) is 4.79 Å². The first-order valence-electron chi connectivity index (χ1n) is 13.6. The number of halogens is 1. The van der Waals surface area contributed by atoms with Gasteiger partial charge in [0.25, 0.3) is 0 Å². The lowest BCUT2D eigenvalue weighted by atomic mass is 10.0. The zero-order valence-electron chi connectivity index (χ0n) is 22.7. The fourth-order valence-corrected chi connectivity index (χ4v) is 5.18. The Hall–Kier alpha value is -4.86.